The van der Waals surface area contributed by atoms with Gasteiger partial charge in [0.25, 0.3) is 11.8 Å². The van der Waals surface area contributed by atoms with Gasteiger partial charge >= 0.3 is 6.03 Å². The molecule has 202 valence electrons. The monoisotopic (exact) mass is 551 g/mol. The lowest BCUT2D eigenvalue weighted by Gasteiger charge is -2.32. The summed E-state index contributed by atoms with van der Waals surface area (Å²) < 4.78 is 22.9. The Balaban J connectivity index is 1.40. The van der Waals surface area contributed by atoms with Crippen LogP contribution in [0.2, 0.25) is 5.02 Å². The third-order valence-corrected chi connectivity index (χ3v) is 7.09. The Morgan fingerprint density at radius 3 is 2.56 bits per heavy atom. The Hall–Kier alpha value is -4.20. The summed E-state index contributed by atoms with van der Waals surface area (Å²) in [5.74, 6) is 7.21. The number of methoxy groups -OCH3 is 1. The smallest absolute Gasteiger partial charge is 0.333 e. The molecule has 0 saturated carbocycles. The third kappa shape index (κ3) is 4.75. The molecule has 1 saturated heterocycles. The van der Waals surface area contributed by atoms with Gasteiger partial charge < -0.3 is 18.9 Å². The van der Waals surface area contributed by atoms with Gasteiger partial charge in [0, 0.05) is 36.8 Å². The van der Waals surface area contributed by atoms with E-state index in [9.17, 15) is 14.4 Å². The molecule has 11 heteroatoms. The zero-order valence-corrected chi connectivity index (χ0v) is 22.6. The molecular weight excluding hydrogens is 526 g/mol. The molecule has 2 aromatic carbocycles. The van der Waals surface area contributed by atoms with Crippen LogP contribution < -0.4 is 18.9 Å². The van der Waals surface area contributed by atoms with Crippen molar-refractivity contribution in [3.63, 3.8) is 0 Å². The molecule has 3 aliphatic heterocycles. The number of hydrogen-bond donors (Lipinski definition) is 0. The minimum Gasteiger partial charge on any atom is -0.492 e. The Morgan fingerprint density at radius 1 is 1.10 bits per heavy atom. The maximum absolute atomic E-state index is 12.6. The summed E-state index contributed by atoms with van der Waals surface area (Å²) in [6, 6.07) is 5.88. The summed E-state index contributed by atoms with van der Waals surface area (Å²) in [5, 5.41) is 0.389. The van der Waals surface area contributed by atoms with E-state index in [-0.39, 0.29) is 25.0 Å². The molecule has 1 unspecified atom stereocenters. The summed E-state index contributed by atoms with van der Waals surface area (Å²) in [6.45, 7) is 0.983. The second-order valence-corrected chi connectivity index (χ2v) is 9.65. The fraction of sp³-hybridized carbons (Fsp3) is 0.321. The Bertz CT molecular complexity index is 1450. The van der Waals surface area contributed by atoms with E-state index in [1.54, 1.807) is 25.3 Å². The van der Waals surface area contributed by atoms with Gasteiger partial charge in [0.05, 0.1) is 7.11 Å². The van der Waals surface area contributed by atoms with Crippen molar-refractivity contribution in [2.45, 2.75) is 12.5 Å². The van der Waals surface area contributed by atoms with Gasteiger partial charge in [0.2, 0.25) is 12.5 Å². The number of carbonyl (C=O) groups excluding carboxylic acids is 3. The molecule has 0 radical (unpaired) electrons. The fourth-order valence-electron chi connectivity index (χ4n) is 4.76. The van der Waals surface area contributed by atoms with Crippen molar-refractivity contribution in [3.05, 3.63) is 51.6 Å². The third-order valence-electron chi connectivity index (χ3n) is 6.85. The number of nitrogens with zero attached hydrogens (tertiary/aromatic N) is 3. The summed E-state index contributed by atoms with van der Waals surface area (Å²) in [5.41, 5.74) is 2.27. The number of rotatable bonds is 4. The van der Waals surface area contributed by atoms with E-state index < -0.39 is 17.8 Å². The molecule has 4 amide bonds. The topological polar surface area (TPSA) is 97.9 Å². The molecule has 0 N–H and O–H groups in total. The second-order valence-electron chi connectivity index (χ2n) is 9.21. The van der Waals surface area contributed by atoms with Gasteiger partial charge in [-0.05, 0) is 49.4 Å². The average molecular weight is 552 g/mol. The first-order chi connectivity index (χ1) is 18.7. The van der Waals surface area contributed by atoms with Crippen molar-refractivity contribution in [2.24, 2.45) is 0 Å². The summed E-state index contributed by atoms with van der Waals surface area (Å²) in [4.78, 5) is 41.2. The second kappa shape index (κ2) is 10.5. The highest BCUT2D eigenvalue weighted by Gasteiger charge is 2.38. The van der Waals surface area contributed by atoms with Gasteiger partial charge in [0.15, 0.2) is 11.5 Å². The predicted octanol–water partition coefficient (Wildman–Crippen LogP) is 3.12. The van der Waals surface area contributed by atoms with E-state index in [2.05, 4.69) is 16.7 Å². The zero-order chi connectivity index (χ0) is 27.8. The van der Waals surface area contributed by atoms with Crippen LogP contribution in [-0.4, -0.2) is 80.7 Å². The first-order valence-corrected chi connectivity index (χ1v) is 12.5. The first kappa shape index (κ1) is 26.4. The van der Waals surface area contributed by atoms with Gasteiger partial charge in [0.1, 0.15) is 24.0 Å². The van der Waals surface area contributed by atoms with E-state index in [4.69, 9.17) is 30.5 Å². The Kier molecular flexibility index (Phi) is 7.12. The van der Waals surface area contributed by atoms with Gasteiger partial charge in [-0.15, -0.1) is 0 Å². The van der Waals surface area contributed by atoms with Gasteiger partial charge in [-0.25, -0.2) is 4.79 Å². The molecule has 2 aromatic rings. The van der Waals surface area contributed by atoms with E-state index in [0.29, 0.717) is 33.6 Å². The molecule has 39 heavy (non-hydrogen) atoms. The number of carbonyl (C=O) groups is 3. The standard InChI is InChI=1S/C28H26ClN3O7/c1-30-10-9-16-14-22-24(39-15-38-22)25(36-4)23(16)20(30)6-5-11-37-21-8-7-18(29)12-17(21)13-19-26(33)31(2)28(35)32(3)27(19)34/h7-8,12-14,20H,9-11,15H2,1-4H3. The minimum atomic E-state index is -0.706. The van der Waals surface area contributed by atoms with Crippen LogP contribution >= 0.6 is 11.6 Å². The van der Waals surface area contributed by atoms with E-state index in [1.165, 1.54) is 20.2 Å². The van der Waals surface area contributed by atoms with Crippen molar-refractivity contribution in [1.29, 1.82) is 0 Å². The summed E-state index contributed by atoms with van der Waals surface area (Å²) >= 11 is 6.19. The van der Waals surface area contributed by atoms with Gasteiger partial charge in [-0.2, -0.15) is 0 Å². The van der Waals surface area contributed by atoms with Crippen LogP contribution in [0.15, 0.2) is 29.8 Å². The maximum atomic E-state index is 12.6. The highest BCUT2D eigenvalue weighted by Crippen LogP contribution is 2.49. The number of likely N-dealkylation sites (N-methyl/N-ethyl adjacent to an activating group) is 3. The summed E-state index contributed by atoms with van der Waals surface area (Å²) in [6.07, 6.45) is 2.20. The first-order valence-electron chi connectivity index (χ1n) is 12.1. The van der Waals surface area contributed by atoms with Crippen LogP contribution in [0.1, 0.15) is 22.7 Å². The fourth-order valence-corrected chi connectivity index (χ4v) is 4.94. The van der Waals surface area contributed by atoms with Crippen molar-refractivity contribution >= 4 is 35.5 Å². The molecule has 1 fully saturated rings. The average Bonchev–Trinajstić information content (AvgIpc) is 3.40. The Morgan fingerprint density at radius 2 is 1.85 bits per heavy atom. The lowest BCUT2D eigenvalue weighted by Crippen LogP contribution is -2.52. The normalized spacial score (nSPS) is 18.5. The maximum Gasteiger partial charge on any atom is 0.333 e. The van der Waals surface area contributed by atoms with Crippen LogP contribution in [-0.2, 0) is 16.0 Å². The van der Waals surface area contributed by atoms with Crippen molar-refractivity contribution in [2.75, 3.05) is 48.2 Å². The molecule has 1 atom stereocenters. The highest BCUT2D eigenvalue weighted by molar-refractivity contribution is 6.32. The van der Waals surface area contributed by atoms with Crippen LogP contribution in [0.25, 0.3) is 6.08 Å². The molecule has 10 nitrogen and oxygen atoms in total. The van der Waals surface area contributed by atoms with Crippen LogP contribution in [0, 0.1) is 11.8 Å². The zero-order valence-electron chi connectivity index (χ0n) is 21.9. The molecule has 0 spiro atoms. The number of hydrogen-bond acceptors (Lipinski definition) is 8. The molecule has 0 aliphatic carbocycles. The molecule has 3 aliphatic rings. The van der Waals surface area contributed by atoms with Gasteiger partial charge in [-0.1, -0.05) is 23.4 Å². The lowest BCUT2D eigenvalue weighted by atomic mass is 9.91. The number of fused-ring (bicyclic) bond motifs is 2. The number of urea groups is 1. The van der Waals surface area contributed by atoms with Crippen LogP contribution in [0.3, 0.4) is 0 Å². The molecule has 3 heterocycles. The summed E-state index contributed by atoms with van der Waals surface area (Å²) in [7, 11) is 6.22. The SMILES string of the molecule is COc1c2c(cc3c1C(C#CCOc1ccc(Cl)cc1C=C1C(=O)N(C)C(=O)N(C)C1=O)N(C)CC3)OCO2. The molecule has 0 aromatic heterocycles. The predicted molar refractivity (Wildman–Crippen MR) is 142 cm³/mol. The van der Waals surface area contributed by atoms with Crippen molar-refractivity contribution in [1.82, 2.24) is 14.7 Å². The molecular formula is C28H26ClN3O7. The lowest BCUT2D eigenvalue weighted by molar-refractivity contribution is -0.134. The number of amides is 4. The van der Waals surface area contributed by atoms with E-state index >= 15 is 0 Å². The number of imide groups is 2. The van der Waals surface area contributed by atoms with E-state index in [1.807, 2.05) is 13.1 Å². The minimum absolute atomic E-state index is 0.0323. The number of halogens is 1. The van der Waals surface area contributed by atoms with Crippen LogP contribution in [0.4, 0.5) is 4.79 Å². The number of benzene rings is 2. The van der Waals surface area contributed by atoms with Crippen LogP contribution in [0.5, 0.6) is 23.0 Å². The highest BCUT2D eigenvalue weighted by atomic mass is 35.5. The largest absolute Gasteiger partial charge is 0.492 e. The quantitative estimate of drug-likeness (QED) is 0.325. The van der Waals surface area contributed by atoms with Crippen molar-refractivity contribution < 1.29 is 33.3 Å². The Labute approximate surface area is 230 Å². The molecule has 0 bridgehead atoms. The van der Waals surface area contributed by atoms with Gasteiger partial charge in [-0.3, -0.25) is 24.3 Å². The number of barbiturate groups is 1. The molecule has 5 rings (SSSR count). The van der Waals surface area contributed by atoms with Crippen molar-refractivity contribution in [3.8, 4) is 34.8 Å². The number of ether oxygens (including phenoxy) is 4. The van der Waals surface area contributed by atoms with E-state index in [0.717, 1.165) is 33.9 Å².